The molecular formula is C15H22O5. The third kappa shape index (κ3) is 5.19. The van der Waals surface area contributed by atoms with Crippen molar-refractivity contribution >= 4 is 5.97 Å². The van der Waals surface area contributed by atoms with Crippen LogP contribution in [0.1, 0.15) is 18.9 Å². The Balaban J connectivity index is 2.69. The first-order valence-electron chi connectivity index (χ1n) is 6.69. The second-order valence-corrected chi connectivity index (χ2v) is 4.60. The number of carboxylic acid groups (broad SMARTS) is 1. The molecule has 0 aromatic heterocycles. The van der Waals surface area contributed by atoms with Gasteiger partial charge in [-0.3, -0.25) is 4.79 Å². The fourth-order valence-electron chi connectivity index (χ4n) is 2.06. The molecule has 0 aliphatic heterocycles. The first-order chi connectivity index (χ1) is 9.58. The van der Waals surface area contributed by atoms with Gasteiger partial charge in [-0.05, 0) is 31.4 Å². The van der Waals surface area contributed by atoms with Crippen LogP contribution in [0.2, 0.25) is 0 Å². The van der Waals surface area contributed by atoms with Crippen LogP contribution in [0.4, 0.5) is 0 Å². The predicted molar refractivity (Wildman–Crippen MR) is 74.9 cm³/mol. The zero-order chi connectivity index (χ0) is 15.0. The van der Waals surface area contributed by atoms with Gasteiger partial charge >= 0.3 is 5.97 Å². The number of benzene rings is 1. The second-order valence-electron chi connectivity index (χ2n) is 4.60. The number of hydrogen-bond donors (Lipinski definition) is 2. The van der Waals surface area contributed by atoms with Crippen molar-refractivity contribution in [2.24, 2.45) is 5.92 Å². The summed E-state index contributed by atoms with van der Waals surface area (Å²) in [5.74, 6) is -0.925. The summed E-state index contributed by atoms with van der Waals surface area (Å²) in [6, 6.07) is 7.31. The SMILES string of the molecule is CCOCC(O)CC(Cc1ccccc1OC)C(=O)O. The highest BCUT2D eigenvalue weighted by molar-refractivity contribution is 5.70. The molecule has 1 aromatic carbocycles. The molecule has 2 atom stereocenters. The third-order valence-electron chi connectivity index (χ3n) is 3.08. The van der Waals surface area contributed by atoms with E-state index in [1.165, 1.54) is 0 Å². The van der Waals surface area contributed by atoms with Gasteiger partial charge in [-0.2, -0.15) is 0 Å². The zero-order valence-electron chi connectivity index (χ0n) is 11.9. The summed E-state index contributed by atoms with van der Waals surface area (Å²) in [6.45, 7) is 2.49. The smallest absolute Gasteiger partial charge is 0.306 e. The van der Waals surface area contributed by atoms with E-state index in [1.54, 1.807) is 13.2 Å². The Morgan fingerprint density at radius 2 is 2.05 bits per heavy atom. The van der Waals surface area contributed by atoms with Gasteiger partial charge in [0.15, 0.2) is 0 Å². The number of methoxy groups -OCH3 is 1. The van der Waals surface area contributed by atoms with Crippen molar-refractivity contribution < 1.29 is 24.5 Å². The van der Waals surface area contributed by atoms with Crippen LogP contribution in [0.25, 0.3) is 0 Å². The van der Waals surface area contributed by atoms with Crippen molar-refractivity contribution in [3.63, 3.8) is 0 Å². The number of carbonyl (C=O) groups is 1. The summed E-state index contributed by atoms with van der Waals surface area (Å²) in [5, 5.41) is 19.1. The van der Waals surface area contributed by atoms with Gasteiger partial charge in [0, 0.05) is 6.61 Å². The Hall–Kier alpha value is -1.59. The molecule has 0 heterocycles. The first-order valence-corrected chi connectivity index (χ1v) is 6.69. The maximum absolute atomic E-state index is 11.3. The van der Waals surface area contributed by atoms with Crippen LogP contribution < -0.4 is 4.74 Å². The topological polar surface area (TPSA) is 76.0 Å². The number of para-hydroxylation sites is 1. The van der Waals surface area contributed by atoms with Crippen molar-refractivity contribution in [3.05, 3.63) is 29.8 Å². The van der Waals surface area contributed by atoms with Gasteiger partial charge in [-0.25, -0.2) is 0 Å². The number of aliphatic carboxylic acids is 1. The van der Waals surface area contributed by atoms with Gasteiger partial charge in [0.25, 0.3) is 0 Å². The van der Waals surface area contributed by atoms with Gasteiger partial charge in [-0.15, -0.1) is 0 Å². The molecule has 0 aliphatic rings. The van der Waals surface area contributed by atoms with Gasteiger partial charge in [0.2, 0.25) is 0 Å². The molecule has 0 amide bonds. The normalized spacial score (nSPS) is 13.8. The Morgan fingerprint density at radius 1 is 1.35 bits per heavy atom. The quantitative estimate of drug-likeness (QED) is 0.721. The standard InChI is InChI=1S/C15H22O5/c1-3-20-10-13(16)9-12(15(17)18)8-11-6-4-5-7-14(11)19-2/h4-7,12-13,16H,3,8-10H2,1-2H3,(H,17,18). The monoisotopic (exact) mass is 282 g/mol. The molecule has 2 N–H and O–H groups in total. The summed E-state index contributed by atoms with van der Waals surface area (Å²) in [4.78, 5) is 11.3. The maximum atomic E-state index is 11.3. The molecular weight excluding hydrogens is 260 g/mol. The second kappa shape index (κ2) is 8.55. The lowest BCUT2D eigenvalue weighted by Crippen LogP contribution is -2.26. The van der Waals surface area contributed by atoms with Crippen LogP contribution in [0.5, 0.6) is 5.75 Å². The number of aliphatic hydroxyl groups excluding tert-OH is 1. The molecule has 0 fully saturated rings. The van der Waals surface area contributed by atoms with E-state index >= 15 is 0 Å². The number of rotatable bonds is 9. The molecule has 0 radical (unpaired) electrons. The Morgan fingerprint density at radius 3 is 2.65 bits per heavy atom. The molecule has 0 bridgehead atoms. The molecule has 0 spiro atoms. The predicted octanol–water partition coefficient (Wildman–Crippen LogP) is 1.73. The van der Waals surface area contributed by atoms with Crippen LogP contribution in [0.15, 0.2) is 24.3 Å². The largest absolute Gasteiger partial charge is 0.496 e. The molecule has 2 unspecified atom stereocenters. The van der Waals surface area contributed by atoms with Crippen LogP contribution in [-0.2, 0) is 16.0 Å². The van der Waals surface area contributed by atoms with E-state index in [9.17, 15) is 15.0 Å². The van der Waals surface area contributed by atoms with Crippen LogP contribution in [-0.4, -0.2) is 42.6 Å². The number of carboxylic acids is 1. The third-order valence-corrected chi connectivity index (χ3v) is 3.08. The molecule has 1 rings (SSSR count). The summed E-state index contributed by atoms with van der Waals surface area (Å²) >= 11 is 0. The highest BCUT2D eigenvalue weighted by atomic mass is 16.5. The highest BCUT2D eigenvalue weighted by Crippen LogP contribution is 2.23. The van der Waals surface area contributed by atoms with Crippen LogP contribution in [0.3, 0.4) is 0 Å². The minimum absolute atomic E-state index is 0.159. The summed E-state index contributed by atoms with van der Waals surface area (Å²) in [6.07, 6.45) is -0.290. The van der Waals surface area contributed by atoms with E-state index in [0.29, 0.717) is 18.8 Å². The Bertz CT molecular complexity index is 418. The lowest BCUT2D eigenvalue weighted by atomic mass is 9.93. The minimum atomic E-state index is -0.925. The number of hydrogen-bond acceptors (Lipinski definition) is 4. The zero-order valence-corrected chi connectivity index (χ0v) is 11.9. The van der Waals surface area contributed by atoms with Gasteiger partial charge in [-0.1, -0.05) is 18.2 Å². The maximum Gasteiger partial charge on any atom is 0.306 e. The number of ether oxygens (including phenoxy) is 2. The Labute approximate surface area is 119 Å². The van der Waals surface area contributed by atoms with E-state index in [1.807, 2.05) is 25.1 Å². The molecule has 0 saturated carbocycles. The lowest BCUT2D eigenvalue weighted by Gasteiger charge is -2.18. The summed E-state index contributed by atoms with van der Waals surface area (Å²) < 4.78 is 10.3. The molecule has 0 saturated heterocycles. The lowest BCUT2D eigenvalue weighted by molar-refractivity contribution is -0.143. The van der Waals surface area contributed by atoms with Gasteiger partial charge in [0.1, 0.15) is 5.75 Å². The molecule has 20 heavy (non-hydrogen) atoms. The fraction of sp³-hybridized carbons (Fsp3) is 0.533. The molecule has 112 valence electrons. The van der Waals surface area contributed by atoms with Crippen LogP contribution >= 0.6 is 0 Å². The van der Waals surface area contributed by atoms with Crippen molar-refractivity contribution in [1.29, 1.82) is 0 Å². The average molecular weight is 282 g/mol. The fourth-order valence-corrected chi connectivity index (χ4v) is 2.06. The van der Waals surface area contributed by atoms with Crippen molar-refractivity contribution in [2.45, 2.75) is 25.9 Å². The molecule has 0 aliphatic carbocycles. The molecule has 5 nitrogen and oxygen atoms in total. The van der Waals surface area contributed by atoms with Crippen LogP contribution in [0, 0.1) is 5.92 Å². The summed E-state index contributed by atoms with van der Waals surface area (Å²) in [7, 11) is 1.55. The van der Waals surface area contributed by atoms with E-state index < -0.39 is 18.0 Å². The minimum Gasteiger partial charge on any atom is -0.496 e. The van der Waals surface area contributed by atoms with Gasteiger partial charge < -0.3 is 19.7 Å². The molecule has 5 heteroatoms. The summed E-state index contributed by atoms with van der Waals surface area (Å²) in [5.41, 5.74) is 0.825. The highest BCUT2D eigenvalue weighted by Gasteiger charge is 2.23. The van der Waals surface area contributed by atoms with Crippen molar-refractivity contribution in [2.75, 3.05) is 20.3 Å². The van der Waals surface area contributed by atoms with E-state index in [-0.39, 0.29) is 13.0 Å². The molecule has 1 aromatic rings. The first kappa shape index (κ1) is 16.5. The van der Waals surface area contributed by atoms with Crippen molar-refractivity contribution in [3.8, 4) is 5.75 Å². The van der Waals surface area contributed by atoms with Crippen molar-refractivity contribution in [1.82, 2.24) is 0 Å². The van der Waals surface area contributed by atoms with Gasteiger partial charge in [0.05, 0.1) is 25.7 Å². The average Bonchev–Trinajstić information content (AvgIpc) is 2.44. The number of aliphatic hydroxyl groups is 1. The van der Waals surface area contributed by atoms with E-state index in [4.69, 9.17) is 9.47 Å². The van der Waals surface area contributed by atoms with E-state index in [0.717, 1.165) is 5.56 Å². The van der Waals surface area contributed by atoms with E-state index in [2.05, 4.69) is 0 Å². The Kier molecular flexibility index (Phi) is 7.04.